The Labute approximate surface area is 145 Å². The lowest BCUT2D eigenvalue weighted by Crippen LogP contribution is -2.25. The lowest BCUT2D eigenvalue weighted by molar-refractivity contribution is -0.116. The number of furan rings is 1. The molecule has 0 fully saturated rings. The molecule has 3 aromatic heterocycles. The quantitative estimate of drug-likeness (QED) is 0.722. The standard InChI is InChI=1S/C18H21N5O2/c1-2-3-6-16-19-10-15(21-16)13-8-17(24)22-18-14(13)9-20-23(18)11-12-5-4-7-25-12/h4-5,7,9-10,13H,2-3,6,8,11H2,1H3,(H,19,21)(H,22,24)/t13-/m0/s1. The van der Waals surface area contributed by atoms with Crippen molar-refractivity contribution in [1.29, 1.82) is 0 Å². The van der Waals surface area contributed by atoms with Crippen LogP contribution in [0.1, 0.15) is 54.9 Å². The van der Waals surface area contributed by atoms with E-state index < -0.39 is 0 Å². The molecule has 0 saturated carbocycles. The molecule has 1 atom stereocenters. The molecule has 0 aromatic carbocycles. The summed E-state index contributed by atoms with van der Waals surface area (Å²) in [5.74, 6) is 2.46. The zero-order valence-corrected chi connectivity index (χ0v) is 14.2. The van der Waals surface area contributed by atoms with E-state index in [0.29, 0.717) is 13.0 Å². The van der Waals surface area contributed by atoms with Crippen molar-refractivity contribution in [2.45, 2.75) is 45.1 Å². The molecule has 4 rings (SSSR count). The number of nitrogens with zero attached hydrogens (tertiary/aromatic N) is 3. The van der Waals surface area contributed by atoms with Crippen LogP contribution in [0.25, 0.3) is 0 Å². The molecule has 2 N–H and O–H groups in total. The van der Waals surface area contributed by atoms with Gasteiger partial charge in [0.1, 0.15) is 23.9 Å². The minimum atomic E-state index is -0.0445. The van der Waals surface area contributed by atoms with E-state index >= 15 is 0 Å². The number of amides is 1. The van der Waals surface area contributed by atoms with Gasteiger partial charge in [0.05, 0.1) is 12.5 Å². The number of nitrogens with one attached hydrogen (secondary N) is 2. The maximum absolute atomic E-state index is 12.2. The van der Waals surface area contributed by atoms with Crippen LogP contribution in [0.3, 0.4) is 0 Å². The van der Waals surface area contributed by atoms with Gasteiger partial charge in [-0.1, -0.05) is 13.3 Å². The Morgan fingerprint density at radius 1 is 1.40 bits per heavy atom. The van der Waals surface area contributed by atoms with Gasteiger partial charge in [-0.15, -0.1) is 0 Å². The summed E-state index contributed by atoms with van der Waals surface area (Å²) in [5.41, 5.74) is 1.98. The SMILES string of the molecule is CCCCc1ncc([C@H]2CC(=O)Nc3c2cnn3Cc2ccco2)[nH]1. The first-order valence-corrected chi connectivity index (χ1v) is 8.66. The Bertz CT molecular complexity index is 862. The number of carbonyl (C=O) groups excluding carboxylic acids is 1. The molecule has 1 aliphatic heterocycles. The summed E-state index contributed by atoms with van der Waals surface area (Å²) in [5, 5.41) is 7.39. The molecule has 0 spiro atoms. The van der Waals surface area contributed by atoms with Crippen LogP contribution in [0.5, 0.6) is 0 Å². The van der Waals surface area contributed by atoms with E-state index in [4.69, 9.17) is 4.42 Å². The average Bonchev–Trinajstić information content (AvgIpc) is 3.34. The number of carbonyl (C=O) groups is 1. The van der Waals surface area contributed by atoms with E-state index in [-0.39, 0.29) is 11.8 Å². The Balaban J connectivity index is 1.62. The Hall–Kier alpha value is -2.83. The van der Waals surface area contributed by atoms with Crippen molar-refractivity contribution in [3.8, 4) is 0 Å². The first-order valence-electron chi connectivity index (χ1n) is 8.66. The van der Waals surface area contributed by atoms with Gasteiger partial charge in [0, 0.05) is 36.2 Å². The van der Waals surface area contributed by atoms with Gasteiger partial charge in [0.25, 0.3) is 0 Å². The van der Waals surface area contributed by atoms with E-state index in [1.54, 1.807) is 10.9 Å². The molecule has 0 unspecified atom stereocenters. The number of aromatic amines is 1. The molecule has 3 aromatic rings. The Kier molecular flexibility index (Phi) is 4.13. The van der Waals surface area contributed by atoms with Gasteiger partial charge in [0.15, 0.2) is 0 Å². The smallest absolute Gasteiger partial charge is 0.226 e. The number of aryl methyl sites for hydroxylation is 1. The van der Waals surface area contributed by atoms with Crippen molar-refractivity contribution in [1.82, 2.24) is 19.7 Å². The highest BCUT2D eigenvalue weighted by atomic mass is 16.3. The molecular formula is C18H21N5O2. The molecule has 7 heteroatoms. The molecule has 1 amide bonds. The van der Waals surface area contributed by atoms with Gasteiger partial charge in [-0.25, -0.2) is 9.67 Å². The van der Waals surface area contributed by atoms with Gasteiger partial charge >= 0.3 is 0 Å². The summed E-state index contributed by atoms with van der Waals surface area (Å²) < 4.78 is 7.16. The van der Waals surface area contributed by atoms with Gasteiger partial charge in [-0.05, 0) is 18.6 Å². The molecule has 0 radical (unpaired) electrons. The second kappa shape index (κ2) is 6.58. The number of rotatable bonds is 6. The second-order valence-electron chi connectivity index (χ2n) is 6.38. The largest absolute Gasteiger partial charge is 0.467 e. The van der Waals surface area contributed by atoms with Crippen molar-refractivity contribution in [3.05, 3.63) is 53.6 Å². The number of unbranched alkanes of at least 4 members (excludes halogenated alkanes) is 1. The monoisotopic (exact) mass is 339 g/mol. The van der Waals surface area contributed by atoms with E-state index in [2.05, 4.69) is 27.3 Å². The fraction of sp³-hybridized carbons (Fsp3) is 0.389. The molecular weight excluding hydrogens is 318 g/mol. The highest BCUT2D eigenvalue weighted by molar-refractivity contribution is 5.94. The predicted octanol–water partition coefficient (Wildman–Crippen LogP) is 3.06. The van der Waals surface area contributed by atoms with Crippen molar-refractivity contribution in [2.75, 3.05) is 5.32 Å². The minimum absolute atomic E-state index is 0.0107. The summed E-state index contributed by atoms with van der Waals surface area (Å²) in [6, 6.07) is 3.74. The van der Waals surface area contributed by atoms with Crippen LogP contribution in [0.2, 0.25) is 0 Å². The first-order chi connectivity index (χ1) is 12.2. The zero-order valence-electron chi connectivity index (χ0n) is 14.2. The summed E-state index contributed by atoms with van der Waals surface area (Å²) in [7, 11) is 0. The van der Waals surface area contributed by atoms with Crippen LogP contribution in [0.4, 0.5) is 5.82 Å². The summed E-state index contributed by atoms with van der Waals surface area (Å²) in [6.45, 7) is 2.65. The number of imidazole rings is 1. The van der Waals surface area contributed by atoms with Crippen LogP contribution in [0.15, 0.2) is 35.2 Å². The van der Waals surface area contributed by atoms with E-state index in [1.807, 2.05) is 24.5 Å². The first kappa shape index (κ1) is 15.7. The summed E-state index contributed by atoms with van der Waals surface area (Å²) in [4.78, 5) is 20.1. The Morgan fingerprint density at radius 2 is 2.32 bits per heavy atom. The molecule has 7 nitrogen and oxygen atoms in total. The fourth-order valence-electron chi connectivity index (χ4n) is 3.24. The van der Waals surface area contributed by atoms with Gasteiger partial charge < -0.3 is 14.7 Å². The van der Waals surface area contributed by atoms with Gasteiger partial charge in [0.2, 0.25) is 5.91 Å². The number of fused-ring (bicyclic) bond motifs is 1. The van der Waals surface area contributed by atoms with Gasteiger partial charge in [-0.3, -0.25) is 4.79 Å². The van der Waals surface area contributed by atoms with Gasteiger partial charge in [-0.2, -0.15) is 5.10 Å². The van der Waals surface area contributed by atoms with E-state index in [1.165, 1.54) is 0 Å². The molecule has 130 valence electrons. The molecule has 1 aliphatic rings. The third-order valence-corrected chi connectivity index (χ3v) is 4.57. The van der Waals surface area contributed by atoms with Crippen LogP contribution in [0, 0.1) is 0 Å². The Morgan fingerprint density at radius 3 is 3.12 bits per heavy atom. The number of aromatic nitrogens is 4. The lowest BCUT2D eigenvalue weighted by Gasteiger charge is -2.22. The number of anilines is 1. The third-order valence-electron chi connectivity index (χ3n) is 4.57. The summed E-state index contributed by atoms with van der Waals surface area (Å²) >= 11 is 0. The predicted molar refractivity (Wildman–Crippen MR) is 92.3 cm³/mol. The number of H-pyrrole nitrogens is 1. The van der Waals surface area contributed by atoms with Crippen LogP contribution in [-0.4, -0.2) is 25.7 Å². The van der Waals surface area contributed by atoms with Crippen molar-refractivity contribution < 1.29 is 9.21 Å². The van der Waals surface area contributed by atoms with E-state index in [0.717, 1.165) is 47.9 Å². The molecule has 4 heterocycles. The fourth-order valence-corrected chi connectivity index (χ4v) is 3.24. The van der Waals surface area contributed by atoms with Crippen LogP contribution >= 0.6 is 0 Å². The number of hydrogen-bond donors (Lipinski definition) is 2. The number of hydrogen-bond acceptors (Lipinski definition) is 4. The highest BCUT2D eigenvalue weighted by Crippen LogP contribution is 2.36. The molecule has 0 saturated heterocycles. The van der Waals surface area contributed by atoms with Crippen molar-refractivity contribution in [3.63, 3.8) is 0 Å². The lowest BCUT2D eigenvalue weighted by atomic mass is 9.91. The normalized spacial score (nSPS) is 16.7. The van der Waals surface area contributed by atoms with E-state index in [9.17, 15) is 4.79 Å². The zero-order chi connectivity index (χ0) is 17.2. The average molecular weight is 339 g/mol. The maximum Gasteiger partial charge on any atom is 0.226 e. The molecule has 0 aliphatic carbocycles. The topological polar surface area (TPSA) is 88.7 Å². The third kappa shape index (κ3) is 3.09. The van der Waals surface area contributed by atoms with Crippen molar-refractivity contribution in [2.24, 2.45) is 0 Å². The van der Waals surface area contributed by atoms with Crippen LogP contribution in [-0.2, 0) is 17.8 Å². The highest BCUT2D eigenvalue weighted by Gasteiger charge is 2.31. The molecule has 25 heavy (non-hydrogen) atoms. The van der Waals surface area contributed by atoms with Crippen molar-refractivity contribution >= 4 is 11.7 Å². The minimum Gasteiger partial charge on any atom is -0.467 e. The summed E-state index contributed by atoms with van der Waals surface area (Å²) in [6.07, 6.45) is 8.87. The second-order valence-corrected chi connectivity index (χ2v) is 6.38. The maximum atomic E-state index is 12.2. The van der Waals surface area contributed by atoms with Crippen LogP contribution < -0.4 is 5.32 Å². The molecule has 0 bridgehead atoms.